The van der Waals surface area contributed by atoms with Gasteiger partial charge in [-0.05, 0) is 30.9 Å². The van der Waals surface area contributed by atoms with Gasteiger partial charge in [-0.25, -0.2) is 8.78 Å². The molecule has 0 unspecified atom stereocenters. The molecule has 1 aromatic carbocycles. The zero-order chi connectivity index (χ0) is 15.2. The fourth-order valence-electron chi connectivity index (χ4n) is 1.84. The van der Waals surface area contributed by atoms with Crippen molar-refractivity contribution in [2.45, 2.75) is 45.1 Å². The lowest BCUT2D eigenvalue weighted by Gasteiger charge is -2.25. The van der Waals surface area contributed by atoms with Gasteiger partial charge in [-0.15, -0.1) is 0 Å². The van der Waals surface area contributed by atoms with Crippen molar-refractivity contribution in [3.05, 3.63) is 35.4 Å². The van der Waals surface area contributed by atoms with Gasteiger partial charge in [0.05, 0.1) is 5.60 Å². The van der Waals surface area contributed by atoms with Crippen LogP contribution < -0.4 is 5.32 Å². The Morgan fingerprint density at radius 1 is 1.30 bits per heavy atom. The van der Waals surface area contributed by atoms with E-state index in [1.165, 1.54) is 12.1 Å². The molecule has 0 atom stereocenters. The number of benzene rings is 1. The third-order valence-corrected chi connectivity index (χ3v) is 3.58. The Kier molecular flexibility index (Phi) is 6.07. The van der Waals surface area contributed by atoms with E-state index < -0.39 is 17.2 Å². The summed E-state index contributed by atoms with van der Waals surface area (Å²) in [4.78, 5) is 11.7. The minimum Gasteiger partial charge on any atom is -0.388 e. The number of nitrogens with one attached hydrogen (secondary N) is 1. The van der Waals surface area contributed by atoms with Crippen LogP contribution in [0, 0.1) is 11.6 Å². The van der Waals surface area contributed by atoms with Crippen LogP contribution in [0.4, 0.5) is 8.78 Å². The smallest absolute Gasteiger partial charge is 0.220 e. The van der Waals surface area contributed by atoms with Gasteiger partial charge in [-0.2, -0.15) is 0 Å². The second kappa shape index (κ2) is 7.33. The normalized spacial score (nSPS) is 11.4. The summed E-state index contributed by atoms with van der Waals surface area (Å²) in [5.74, 6) is -2.10. The highest BCUT2D eigenvalue weighted by Crippen LogP contribution is 2.14. The van der Waals surface area contributed by atoms with Crippen LogP contribution >= 0.6 is 0 Å². The summed E-state index contributed by atoms with van der Waals surface area (Å²) >= 11 is 0. The fraction of sp³-hybridized carbons (Fsp3) is 0.533. The standard InChI is InChI=1S/C15H21F2NO2/c1-3-15(20,4-2)10-18-13(19)9-8-11-6-5-7-12(16)14(11)17/h5-7,20H,3-4,8-10H2,1-2H3,(H,18,19). The van der Waals surface area contributed by atoms with Crippen molar-refractivity contribution in [3.8, 4) is 0 Å². The highest BCUT2D eigenvalue weighted by molar-refractivity contribution is 5.76. The molecule has 0 radical (unpaired) electrons. The van der Waals surface area contributed by atoms with E-state index in [1.807, 2.05) is 13.8 Å². The van der Waals surface area contributed by atoms with E-state index in [0.717, 1.165) is 6.07 Å². The van der Waals surface area contributed by atoms with Crippen molar-refractivity contribution >= 4 is 5.91 Å². The van der Waals surface area contributed by atoms with Crippen LogP contribution in [-0.2, 0) is 11.2 Å². The molecule has 1 rings (SSSR count). The molecule has 0 heterocycles. The van der Waals surface area contributed by atoms with Crippen LogP contribution in [-0.4, -0.2) is 23.2 Å². The Bertz CT molecular complexity index is 459. The summed E-state index contributed by atoms with van der Waals surface area (Å²) in [5, 5.41) is 12.6. The van der Waals surface area contributed by atoms with Gasteiger partial charge in [0.25, 0.3) is 0 Å². The molecule has 2 N–H and O–H groups in total. The molecule has 112 valence electrons. The maximum Gasteiger partial charge on any atom is 0.220 e. The number of halogens is 2. The molecule has 0 fully saturated rings. The number of aryl methyl sites for hydroxylation is 1. The van der Waals surface area contributed by atoms with Gasteiger partial charge in [-0.1, -0.05) is 26.0 Å². The predicted octanol–water partition coefficient (Wildman–Crippen LogP) is 2.56. The van der Waals surface area contributed by atoms with E-state index in [-0.39, 0.29) is 30.9 Å². The lowest BCUT2D eigenvalue weighted by molar-refractivity contribution is -0.122. The third-order valence-electron chi connectivity index (χ3n) is 3.58. The van der Waals surface area contributed by atoms with Crippen LogP contribution in [0.3, 0.4) is 0 Å². The Labute approximate surface area is 118 Å². The number of aliphatic hydroxyl groups is 1. The van der Waals surface area contributed by atoms with Gasteiger partial charge in [0.15, 0.2) is 11.6 Å². The van der Waals surface area contributed by atoms with E-state index >= 15 is 0 Å². The highest BCUT2D eigenvalue weighted by Gasteiger charge is 2.22. The molecular weight excluding hydrogens is 264 g/mol. The molecule has 3 nitrogen and oxygen atoms in total. The van der Waals surface area contributed by atoms with E-state index in [1.54, 1.807) is 0 Å². The molecule has 1 aromatic rings. The highest BCUT2D eigenvalue weighted by atomic mass is 19.2. The first-order chi connectivity index (χ1) is 9.41. The van der Waals surface area contributed by atoms with Crippen molar-refractivity contribution in [2.75, 3.05) is 6.54 Å². The molecule has 0 bridgehead atoms. The summed E-state index contributed by atoms with van der Waals surface area (Å²) in [6, 6.07) is 3.92. The van der Waals surface area contributed by atoms with Crippen LogP contribution in [0.5, 0.6) is 0 Å². The summed E-state index contributed by atoms with van der Waals surface area (Å²) in [6.07, 6.45) is 1.28. The lowest BCUT2D eigenvalue weighted by atomic mass is 9.97. The molecule has 20 heavy (non-hydrogen) atoms. The first kappa shape index (κ1) is 16.6. The minimum absolute atomic E-state index is 0.0594. The van der Waals surface area contributed by atoms with Crippen molar-refractivity contribution in [1.29, 1.82) is 0 Å². The zero-order valence-electron chi connectivity index (χ0n) is 11.9. The first-order valence-electron chi connectivity index (χ1n) is 6.84. The largest absolute Gasteiger partial charge is 0.388 e. The van der Waals surface area contributed by atoms with E-state index in [4.69, 9.17) is 0 Å². The zero-order valence-corrected chi connectivity index (χ0v) is 11.9. The lowest BCUT2D eigenvalue weighted by Crippen LogP contribution is -2.42. The number of hydrogen-bond acceptors (Lipinski definition) is 2. The Morgan fingerprint density at radius 3 is 2.55 bits per heavy atom. The second-order valence-electron chi connectivity index (χ2n) is 4.92. The Balaban J connectivity index is 2.46. The van der Waals surface area contributed by atoms with Gasteiger partial charge in [0.1, 0.15) is 0 Å². The summed E-state index contributed by atoms with van der Waals surface area (Å²) < 4.78 is 26.4. The molecule has 0 saturated heterocycles. The SMILES string of the molecule is CCC(O)(CC)CNC(=O)CCc1cccc(F)c1F. The number of carbonyl (C=O) groups is 1. The van der Waals surface area contributed by atoms with Crippen molar-refractivity contribution in [1.82, 2.24) is 5.32 Å². The van der Waals surface area contributed by atoms with Crippen molar-refractivity contribution in [2.24, 2.45) is 0 Å². The molecule has 0 aliphatic heterocycles. The van der Waals surface area contributed by atoms with Crippen LogP contribution in [0.2, 0.25) is 0 Å². The van der Waals surface area contributed by atoms with Gasteiger partial charge in [0.2, 0.25) is 5.91 Å². The molecule has 0 aromatic heterocycles. The van der Waals surface area contributed by atoms with Crippen molar-refractivity contribution in [3.63, 3.8) is 0 Å². The van der Waals surface area contributed by atoms with Gasteiger partial charge in [0, 0.05) is 13.0 Å². The van der Waals surface area contributed by atoms with E-state index in [2.05, 4.69) is 5.32 Å². The molecule has 0 saturated carbocycles. The monoisotopic (exact) mass is 285 g/mol. The average molecular weight is 285 g/mol. The molecule has 1 amide bonds. The first-order valence-corrected chi connectivity index (χ1v) is 6.84. The third kappa shape index (κ3) is 4.56. The van der Waals surface area contributed by atoms with E-state index in [9.17, 15) is 18.7 Å². The summed E-state index contributed by atoms with van der Waals surface area (Å²) in [6.45, 7) is 3.86. The molecule has 0 aliphatic carbocycles. The van der Waals surface area contributed by atoms with Gasteiger partial charge in [-0.3, -0.25) is 4.79 Å². The minimum atomic E-state index is -0.908. The van der Waals surface area contributed by atoms with Crippen LogP contribution in [0.1, 0.15) is 38.7 Å². The maximum atomic E-state index is 13.4. The Hall–Kier alpha value is -1.49. The quantitative estimate of drug-likeness (QED) is 0.809. The fourth-order valence-corrected chi connectivity index (χ4v) is 1.84. The number of rotatable bonds is 7. The van der Waals surface area contributed by atoms with Crippen molar-refractivity contribution < 1.29 is 18.7 Å². The topological polar surface area (TPSA) is 49.3 Å². The number of hydrogen-bond donors (Lipinski definition) is 2. The van der Waals surface area contributed by atoms with Crippen LogP contribution in [0.15, 0.2) is 18.2 Å². The van der Waals surface area contributed by atoms with Crippen LogP contribution in [0.25, 0.3) is 0 Å². The number of amides is 1. The predicted molar refractivity (Wildman–Crippen MR) is 73.2 cm³/mol. The molecule has 5 heteroatoms. The second-order valence-corrected chi connectivity index (χ2v) is 4.92. The summed E-state index contributed by atoms with van der Waals surface area (Å²) in [5.41, 5.74) is -0.721. The number of carbonyl (C=O) groups excluding carboxylic acids is 1. The Morgan fingerprint density at radius 2 is 1.95 bits per heavy atom. The molecule has 0 aliphatic rings. The van der Waals surface area contributed by atoms with E-state index in [0.29, 0.717) is 12.8 Å². The average Bonchev–Trinajstić information content (AvgIpc) is 2.46. The maximum absolute atomic E-state index is 13.4. The molecular formula is C15H21F2NO2. The summed E-state index contributed by atoms with van der Waals surface area (Å²) in [7, 11) is 0. The van der Waals surface area contributed by atoms with Gasteiger partial charge >= 0.3 is 0 Å². The molecule has 0 spiro atoms. The van der Waals surface area contributed by atoms with Gasteiger partial charge < -0.3 is 10.4 Å².